The summed E-state index contributed by atoms with van der Waals surface area (Å²) in [6, 6.07) is 9.31. The minimum atomic E-state index is -0.933. The van der Waals surface area contributed by atoms with Gasteiger partial charge in [0.15, 0.2) is 5.13 Å². The van der Waals surface area contributed by atoms with Crippen LogP contribution in [0.4, 0.5) is 18.3 Å². The zero-order valence-electron chi connectivity index (χ0n) is 13.1. The zero-order chi connectivity index (χ0) is 18.0. The number of nitrogens with one attached hydrogen (secondary N) is 1. The molecule has 7 heteroatoms. The molecule has 0 radical (unpaired) electrons. The second-order valence-corrected chi connectivity index (χ2v) is 6.47. The van der Waals surface area contributed by atoms with Crippen molar-refractivity contribution in [1.82, 2.24) is 4.98 Å². The van der Waals surface area contributed by atoms with Gasteiger partial charge in [-0.15, -0.1) is 11.3 Å². The lowest BCUT2D eigenvalue weighted by Crippen LogP contribution is -2.15. The molecule has 0 saturated carbocycles. The Morgan fingerprint density at radius 1 is 1.08 bits per heavy atom. The summed E-state index contributed by atoms with van der Waals surface area (Å²) in [4.78, 5) is 17.2. The molecule has 0 bridgehead atoms. The van der Waals surface area contributed by atoms with E-state index in [1.54, 1.807) is 19.1 Å². The molecular weight excluding hydrogens is 349 g/mol. The number of carbonyl (C=O) groups excluding carboxylic acids is 1. The molecule has 0 aliphatic heterocycles. The van der Waals surface area contributed by atoms with Gasteiger partial charge in [-0.1, -0.05) is 18.2 Å². The first kappa shape index (κ1) is 17.2. The van der Waals surface area contributed by atoms with E-state index in [4.69, 9.17) is 0 Å². The Morgan fingerprint density at radius 2 is 1.72 bits per heavy atom. The van der Waals surface area contributed by atoms with Gasteiger partial charge in [-0.3, -0.25) is 10.1 Å². The van der Waals surface area contributed by atoms with Crippen LogP contribution in [0, 0.1) is 24.4 Å². The molecule has 1 N–H and O–H groups in total. The van der Waals surface area contributed by atoms with Crippen LogP contribution >= 0.6 is 11.3 Å². The molecule has 2 aromatic carbocycles. The summed E-state index contributed by atoms with van der Waals surface area (Å²) in [6.45, 7) is 1.77. The van der Waals surface area contributed by atoms with Crippen molar-refractivity contribution in [3.05, 3.63) is 81.6 Å². The Balaban J connectivity index is 1.78. The van der Waals surface area contributed by atoms with Crippen molar-refractivity contribution in [2.75, 3.05) is 5.32 Å². The topological polar surface area (TPSA) is 42.0 Å². The number of hydrogen-bond acceptors (Lipinski definition) is 3. The lowest BCUT2D eigenvalue weighted by atomic mass is 10.1. The number of aryl methyl sites for hydroxylation is 1. The van der Waals surface area contributed by atoms with Crippen LogP contribution < -0.4 is 5.32 Å². The molecule has 0 unspecified atom stereocenters. The van der Waals surface area contributed by atoms with E-state index in [-0.39, 0.29) is 10.9 Å². The Morgan fingerprint density at radius 3 is 2.36 bits per heavy atom. The molecule has 0 atom stereocenters. The molecule has 1 aromatic heterocycles. The highest BCUT2D eigenvalue weighted by Gasteiger charge is 2.19. The number of carbonyl (C=O) groups is 1. The molecule has 3 aromatic rings. The number of benzene rings is 2. The van der Waals surface area contributed by atoms with E-state index in [0.717, 1.165) is 22.6 Å². The predicted molar refractivity (Wildman–Crippen MR) is 90.4 cm³/mol. The molecule has 3 nitrogen and oxygen atoms in total. The number of amides is 1. The normalized spacial score (nSPS) is 10.7. The van der Waals surface area contributed by atoms with E-state index in [0.29, 0.717) is 12.1 Å². The highest BCUT2D eigenvalue weighted by molar-refractivity contribution is 7.15. The lowest BCUT2D eigenvalue weighted by Gasteiger charge is -2.04. The molecule has 1 heterocycles. The van der Waals surface area contributed by atoms with Crippen molar-refractivity contribution in [2.24, 2.45) is 0 Å². The van der Waals surface area contributed by atoms with Crippen molar-refractivity contribution in [1.29, 1.82) is 0 Å². The highest BCUT2D eigenvalue weighted by atomic mass is 32.1. The van der Waals surface area contributed by atoms with Gasteiger partial charge in [-0.25, -0.2) is 18.2 Å². The number of rotatable bonds is 4. The highest BCUT2D eigenvalue weighted by Crippen LogP contribution is 2.26. The van der Waals surface area contributed by atoms with Gasteiger partial charge < -0.3 is 0 Å². The average Bonchev–Trinajstić information content (AvgIpc) is 2.88. The zero-order valence-corrected chi connectivity index (χ0v) is 14.0. The third kappa shape index (κ3) is 3.88. The Hall–Kier alpha value is -2.67. The summed E-state index contributed by atoms with van der Waals surface area (Å²) in [5.74, 6) is -3.07. The van der Waals surface area contributed by atoms with Crippen LogP contribution in [-0.4, -0.2) is 10.9 Å². The largest absolute Gasteiger partial charge is 0.298 e. The molecular formula is C18H13F3N2OS. The second kappa shape index (κ2) is 7.06. The monoisotopic (exact) mass is 362 g/mol. The van der Waals surface area contributed by atoms with E-state index >= 15 is 0 Å². The maximum absolute atomic E-state index is 13.7. The van der Waals surface area contributed by atoms with Crippen LogP contribution in [-0.2, 0) is 6.42 Å². The second-order valence-electron chi connectivity index (χ2n) is 5.38. The minimum absolute atomic E-state index is 0.252. The van der Waals surface area contributed by atoms with E-state index < -0.39 is 23.1 Å². The maximum atomic E-state index is 13.7. The van der Waals surface area contributed by atoms with Gasteiger partial charge in [-0.2, -0.15) is 0 Å². The van der Waals surface area contributed by atoms with E-state index in [9.17, 15) is 18.0 Å². The molecule has 128 valence electrons. The van der Waals surface area contributed by atoms with Gasteiger partial charge in [0.2, 0.25) is 0 Å². The van der Waals surface area contributed by atoms with Crippen LogP contribution in [0.5, 0.6) is 0 Å². The van der Waals surface area contributed by atoms with Crippen molar-refractivity contribution >= 4 is 22.4 Å². The summed E-state index contributed by atoms with van der Waals surface area (Å²) in [5.41, 5.74) is 0.945. The standard InChI is InChI=1S/C18H13F3N2OS/c1-10-15(9-11-5-7-12(19)8-6-11)25-18(22-10)23-17(24)16-13(20)3-2-4-14(16)21/h2-8H,9H2,1H3,(H,22,23,24). The van der Waals surface area contributed by atoms with Crippen molar-refractivity contribution in [3.63, 3.8) is 0 Å². The fraction of sp³-hybridized carbons (Fsp3) is 0.111. The van der Waals surface area contributed by atoms with Crippen LogP contribution in [0.2, 0.25) is 0 Å². The Labute approximate surface area is 146 Å². The lowest BCUT2D eigenvalue weighted by molar-refractivity contribution is 0.101. The first-order valence-electron chi connectivity index (χ1n) is 7.40. The third-order valence-electron chi connectivity index (χ3n) is 3.58. The number of halogens is 3. The van der Waals surface area contributed by atoms with Crippen LogP contribution in [0.15, 0.2) is 42.5 Å². The summed E-state index contributed by atoms with van der Waals surface area (Å²) >= 11 is 1.21. The summed E-state index contributed by atoms with van der Waals surface area (Å²) in [5, 5.41) is 2.68. The van der Waals surface area contributed by atoms with Crippen LogP contribution in [0.25, 0.3) is 0 Å². The van der Waals surface area contributed by atoms with Crippen LogP contribution in [0.3, 0.4) is 0 Å². The molecule has 0 fully saturated rings. The summed E-state index contributed by atoms with van der Waals surface area (Å²) in [6.07, 6.45) is 0.522. The van der Waals surface area contributed by atoms with Crippen molar-refractivity contribution in [3.8, 4) is 0 Å². The number of nitrogens with zero attached hydrogens (tertiary/aromatic N) is 1. The first-order chi connectivity index (χ1) is 11.9. The van der Waals surface area contributed by atoms with Gasteiger partial charge in [-0.05, 0) is 36.8 Å². The van der Waals surface area contributed by atoms with Gasteiger partial charge >= 0.3 is 0 Å². The quantitative estimate of drug-likeness (QED) is 0.730. The minimum Gasteiger partial charge on any atom is -0.298 e. The van der Waals surface area contributed by atoms with Gasteiger partial charge in [0.25, 0.3) is 5.91 Å². The molecule has 1 amide bonds. The number of anilines is 1. The maximum Gasteiger partial charge on any atom is 0.263 e. The number of thiazole rings is 1. The molecule has 0 spiro atoms. The van der Waals surface area contributed by atoms with Crippen molar-refractivity contribution < 1.29 is 18.0 Å². The third-order valence-corrected chi connectivity index (χ3v) is 4.65. The molecule has 0 aliphatic carbocycles. The number of hydrogen-bond donors (Lipinski definition) is 1. The van der Waals surface area contributed by atoms with E-state index in [2.05, 4.69) is 10.3 Å². The van der Waals surface area contributed by atoms with Crippen LogP contribution in [0.1, 0.15) is 26.5 Å². The fourth-order valence-electron chi connectivity index (χ4n) is 2.31. The Kier molecular flexibility index (Phi) is 4.85. The van der Waals surface area contributed by atoms with Gasteiger partial charge in [0, 0.05) is 11.3 Å². The summed E-state index contributed by atoms with van der Waals surface area (Å²) in [7, 11) is 0. The van der Waals surface area contributed by atoms with E-state index in [1.807, 2.05) is 0 Å². The predicted octanol–water partition coefficient (Wildman–Crippen LogP) is 4.71. The number of aromatic nitrogens is 1. The smallest absolute Gasteiger partial charge is 0.263 e. The molecule has 3 rings (SSSR count). The first-order valence-corrected chi connectivity index (χ1v) is 8.22. The summed E-state index contributed by atoms with van der Waals surface area (Å²) < 4.78 is 40.3. The molecule has 25 heavy (non-hydrogen) atoms. The average molecular weight is 362 g/mol. The van der Waals surface area contributed by atoms with E-state index in [1.165, 1.54) is 29.5 Å². The van der Waals surface area contributed by atoms with Gasteiger partial charge in [0.05, 0.1) is 5.69 Å². The molecule has 0 aliphatic rings. The van der Waals surface area contributed by atoms with Crippen molar-refractivity contribution in [2.45, 2.75) is 13.3 Å². The molecule has 0 saturated heterocycles. The fourth-order valence-corrected chi connectivity index (χ4v) is 3.30. The van der Waals surface area contributed by atoms with Gasteiger partial charge in [0.1, 0.15) is 23.0 Å². The Bertz CT molecular complexity index is 902. The SMILES string of the molecule is Cc1nc(NC(=O)c2c(F)cccc2F)sc1Cc1ccc(F)cc1.